The maximum absolute atomic E-state index is 11.7. The zero-order valence-electron chi connectivity index (χ0n) is 8.73. The van der Waals surface area contributed by atoms with Crippen molar-refractivity contribution in [1.29, 1.82) is 0 Å². The lowest BCUT2D eigenvalue weighted by atomic mass is 10.1. The van der Waals surface area contributed by atoms with E-state index >= 15 is 0 Å². The second kappa shape index (κ2) is 4.33. The van der Waals surface area contributed by atoms with E-state index in [2.05, 4.69) is 5.92 Å². The van der Waals surface area contributed by atoms with E-state index in [4.69, 9.17) is 6.42 Å². The van der Waals surface area contributed by atoms with Gasteiger partial charge in [-0.2, -0.15) is 4.31 Å². The van der Waals surface area contributed by atoms with Gasteiger partial charge in [-0.15, -0.1) is 12.3 Å². The standard InChI is InChI=1S/C10H17NO2S/c1-4-6-10(5-2)11-7-9(3)8-14(11,12)13/h1,9-10H,5-8H2,2-3H3. The van der Waals surface area contributed by atoms with Crippen LogP contribution >= 0.6 is 0 Å². The van der Waals surface area contributed by atoms with Crippen LogP contribution in [0.1, 0.15) is 26.7 Å². The van der Waals surface area contributed by atoms with Crippen LogP contribution in [0.2, 0.25) is 0 Å². The predicted molar refractivity (Wildman–Crippen MR) is 57.2 cm³/mol. The zero-order chi connectivity index (χ0) is 10.8. The minimum Gasteiger partial charge on any atom is -0.212 e. The van der Waals surface area contributed by atoms with Crippen molar-refractivity contribution < 1.29 is 8.42 Å². The molecule has 0 saturated carbocycles. The zero-order valence-corrected chi connectivity index (χ0v) is 9.55. The summed E-state index contributed by atoms with van der Waals surface area (Å²) in [5.74, 6) is 3.04. The predicted octanol–water partition coefficient (Wildman–Crippen LogP) is 1.07. The summed E-state index contributed by atoms with van der Waals surface area (Å²) in [6.07, 6.45) is 6.53. The van der Waals surface area contributed by atoms with Crippen molar-refractivity contribution in [2.45, 2.75) is 32.7 Å². The molecular formula is C10H17NO2S. The van der Waals surface area contributed by atoms with Crippen molar-refractivity contribution in [3.05, 3.63) is 0 Å². The van der Waals surface area contributed by atoms with E-state index in [1.165, 1.54) is 0 Å². The molecule has 0 bridgehead atoms. The van der Waals surface area contributed by atoms with Gasteiger partial charge in [0.15, 0.2) is 0 Å². The number of hydrogen-bond donors (Lipinski definition) is 0. The molecule has 4 heteroatoms. The van der Waals surface area contributed by atoms with E-state index < -0.39 is 10.0 Å². The summed E-state index contributed by atoms with van der Waals surface area (Å²) in [4.78, 5) is 0. The Morgan fingerprint density at radius 2 is 2.29 bits per heavy atom. The highest BCUT2D eigenvalue weighted by atomic mass is 32.2. The molecule has 1 aliphatic rings. The molecule has 1 aliphatic heterocycles. The van der Waals surface area contributed by atoms with Crippen LogP contribution in [-0.2, 0) is 10.0 Å². The normalized spacial score (nSPS) is 28.5. The molecular weight excluding hydrogens is 198 g/mol. The summed E-state index contributed by atoms with van der Waals surface area (Å²) < 4.78 is 25.0. The van der Waals surface area contributed by atoms with Gasteiger partial charge in [0.25, 0.3) is 0 Å². The first-order valence-corrected chi connectivity index (χ1v) is 6.55. The van der Waals surface area contributed by atoms with E-state index in [-0.39, 0.29) is 17.7 Å². The maximum atomic E-state index is 11.7. The summed E-state index contributed by atoms with van der Waals surface area (Å²) in [6, 6.07) is -0.00468. The molecule has 0 aromatic rings. The van der Waals surface area contributed by atoms with Gasteiger partial charge in [0, 0.05) is 19.0 Å². The maximum Gasteiger partial charge on any atom is 0.214 e. The van der Waals surface area contributed by atoms with Crippen molar-refractivity contribution in [2.75, 3.05) is 12.3 Å². The second-order valence-electron chi connectivity index (χ2n) is 3.92. The van der Waals surface area contributed by atoms with Crippen molar-refractivity contribution in [3.8, 4) is 12.3 Å². The SMILES string of the molecule is C#CCC(CC)N1CC(C)CS1(=O)=O. The van der Waals surface area contributed by atoms with E-state index in [0.29, 0.717) is 13.0 Å². The summed E-state index contributed by atoms with van der Waals surface area (Å²) in [5.41, 5.74) is 0. The molecule has 2 unspecified atom stereocenters. The fourth-order valence-corrected chi connectivity index (χ4v) is 4.07. The Kier molecular flexibility index (Phi) is 3.57. The third-order valence-electron chi connectivity index (χ3n) is 2.58. The number of sulfonamides is 1. The fraction of sp³-hybridized carbons (Fsp3) is 0.800. The van der Waals surface area contributed by atoms with Crippen LogP contribution in [0.5, 0.6) is 0 Å². The molecule has 80 valence electrons. The molecule has 0 spiro atoms. The van der Waals surface area contributed by atoms with Gasteiger partial charge in [0.05, 0.1) is 5.75 Å². The first-order chi connectivity index (χ1) is 6.51. The van der Waals surface area contributed by atoms with Crippen LogP contribution in [0, 0.1) is 18.3 Å². The number of rotatable bonds is 3. The molecule has 0 aromatic carbocycles. The average Bonchev–Trinajstić information content (AvgIpc) is 2.35. The number of nitrogens with zero attached hydrogens (tertiary/aromatic N) is 1. The van der Waals surface area contributed by atoms with Gasteiger partial charge in [-0.05, 0) is 12.3 Å². The van der Waals surface area contributed by atoms with Crippen molar-refractivity contribution >= 4 is 10.0 Å². The molecule has 1 saturated heterocycles. The molecule has 1 heterocycles. The molecule has 3 nitrogen and oxygen atoms in total. The molecule has 14 heavy (non-hydrogen) atoms. The fourth-order valence-electron chi connectivity index (χ4n) is 1.89. The highest BCUT2D eigenvalue weighted by Gasteiger charge is 2.37. The van der Waals surface area contributed by atoms with Crippen LogP contribution in [0.3, 0.4) is 0 Å². The van der Waals surface area contributed by atoms with Gasteiger partial charge in [-0.1, -0.05) is 13.8 Å². The molecule has 0 N–H and O–H groups in total. The first kappa shape index (κ1) is 11.5. The Morgan fingerprint density at radius 3 is 2.64 bits per heavy atom. The Hall–Kier alpha value is -0.530. The lowest BCUT2D eigenvalue weighted by Gasteiger charge is -2.23. The molecule has 0 aliphatic carbocycles. The topological polar surface area (TPSA) is 37.4 Å². The molecule has 2 atom stereocenters. The third-order valence-corrected chi connectivity index (χ3v) is 4.73. The van der Waals surface area contributed by atoms with Gasteiger partial charge in [0.1, 0.15) is 0 Å². The average molecular weight is 215 g/mol. The van der Waals surface area contributed by atoms with E-state index in [0.717, 1.165) is 6.42 Å². The number of terminal acetylenes is 1. The van der Waals surface area contributed by atoms with Crippen LogP contribution in [0.25, 0.3) is 0 Å². The van der Waals surface area contributed by atoms with E-state index in [1.54, 1.807) is 4.31 Å². The third kappa shape index (κ3) is 2.28. The molecule has 0 aromatic heterocycles. The van der Waals surface area contributed by atoms with Crippen LogP contribution in [-0.4, -0.2) is 31.1 Å². The molecule has 0 amide bonds. The van der Waals surface area contributed by atoms with Gasteiger partial charge in [-0.25, -0.2) is 8.42 Å². The highest BCUT2D eigenvalue weighted by Crippen LogP contribution is 2.24. The van der Waals surface area contributed by atoms with Crippen molar-refractivity contribution in [1.82, 2.24) is 4.31 Å². The lowest BCUT2D eigenvalue weighted by Crippen LogP contribution is -2.36. The summed E-state index contributed by atoms with van der Waals surface area (Å²) in [7, 11) is -3.03. The minimum atomic E-state index is -3.03. The van der Waals surface area contributed by atoms with E-state index in [9.17, 15) is 8.42 Å². The molecule has 0 radical (unpaired) electrons. The second-order valence-corrected chi connectivity index (χ2v) is 5.89. The summed E-state index contributed by atoms with van der Waals surface area (Å²) >= 11 is 0. The minimum absolute atomic E-state index is 0.00468. The van der Waals surface area contributed by atoms with Crippen molar-refractivity contribution in [2.24, 2.45) is 5.92 Å². The number of hydrogen-bond acceptors (Lipinski definition) is 2. The van der Waals surface area contributed by atoms with Gasteiger partial charge in [0.2, 0.25) is 10.0 Å². The van der Waals surface area contributed by atoms with Crippen LogP contribution in [0.15, 0.2) is 0 Å². The molecule has 1 rings (SSSR count). The smallest absolute Gasteiger partial charge is 0.212 e. The van der Waals surface area contributed by atoms with Crippen LogP contribution < -0.4 is 0 Å². The van der Waals surface area contributed by atoms with Crippen LogP contribution in [0.4, 0.5) is 0 Å². The Balaban J connectivity index is 2.82. The van der Waals surface area contributed by atoms with Gasteiger partial charge < -0.3 is 0 Å². The highest BCUT2D eigenvalue weighted by molar-refractivity contribution is 7.89. The van der Waals surface area contributed by atoms with E-state index in [1.807, 2.05) is 13.8 Å². The van der Waals surface area contributed by atoms with Gasteiger partial charge in [-0.3, -0.25) is 0 Å². The Bertz CT molecular complexity index is 329. The monoisotopic (exact) mass is 215 g/mol. The Morgan fingerprint density at radius 1 is 1.64 bits per heavy atom. The van der Waals surface area contributed by atoms with Crippen molar-refractivity contribution in [3.63, 3.8) is 0 Å². The molecule has 1 fully saturated rings. The quantitative estimate of drug-likeness (QED) is 0.660. The van der Waals surface area contributed by atoms with Gasteiger partial charge >= 0.3 is 0 Å². The summed E-state index contributed by atoms with van der Waals surface area (Å²) in [6.45, 7) is 4.56. The lowest BCUT2D eigenvalue weighted by molar-refractivity contribution is 0.317. The largest absolute Gasteiger partial charge is 0.214 e. The summed E-state index contributed by atoms with van der Waals surface area (Å²) in [5, 5.41) is 0. The Labute approximate surface area is 86.5 Å². The first-order valence-electron chi connectivity index (χ1n) is 4.94.